The molecule has 27 heavy (non-hydrogen) atoms. The van der Waals surface area contributed by atoms with Crippen molar-refractivity contribution >= 4 is 17.2 Å². The predicted octanol–water partition coefficient (Wildman–Crippen LogP) is 2.41. The molecular weight excluding hydrogens is 364 g/mol. The van der Waals surface area contributed by atoms with Crippen LogP contribution in [-0.4, -0.2) is 48.3 Å². The molecule has 0 spiro atoms. The van der Waals surface area contributed by atoms with Crippen LogP contribution in [0.25, 0.3) is 0 Å². The van der Waals surface area contributed by atoms with E-state index >= 15 is 0 Å². The average Bonchev–Trinajstić information content (AvgIpc) is 3.36. The number of ether oxygens (including phenoxy) is 2. The van der Waals surface area contributed by atoms with Gasteiger partial charge in [-0.3, -0.25) is 4.79 Å². The van der Waals surface area contributed by atoms with Crippen molar-refractivity contribution in [3.63, 3.8) is 0 Å². The largest absolute Gasteiger partial charge is 0.493 e. The van der Waals surface area contributed by atoms with Gasteiger partial charge in [0, 0.05) is 24.5 Å². The van der Waals surface area contributed by atoms with Crippen molar-refractivity contribution in [2.45, 2.75) is 38.6 Å². The van der Waals surface area contributed by atoms with Crippen molar-refractivity contribution in [2.24, 2.45) is 0 Å². The Labute approximate surface area is 163 Å². The van der Waals surface area contributed by atoms with Gasteiger partial charge in [-0.2, -0.15) is 0 Å². The van der Waals surface area contributed by atoms with Crippen molar-refractivity contribution in [3.8, 4) is 11.5 Å². The van der Waals surface area contributed by atoms with Crippen molar-refractivity contribution in [3.05, 3.63) is 46.2 Å². The van der Waals surface area contributed by atoms with Gasteiger partial charge in [-0.15, -0.1) is 11.3 Å². The fourth-order valence-corrected chi connectivity index (χ4v) is 3.78. The van der Waals surface area contributed by atoms with Crippen molar-refractivity contribution < 1.29 is 19.4 Å². The maximum atomic E-state index is 12.7. The minimum Gasteiger partial charge on any atom is -0.493 e. The first-order valence-electron chi connectivity index (χ1n) is 9.13. The van der Waals surface area contributed by atoms with Gasteiger partial charge in [-0.25, -0.2) is 0 Å². The van der Waals surface area contributed by atoms with Crippen LogP contribution in [-0.2, 0) is 17.9 Å². The van der Waals surface area contributed by atoms with E-state index in [2.05, 4.69) is 5.32 Å². The minimum absolute atomic E-state index is 0.0195. The lowest BCUT2D eigenvalue weighted by molar-refractivity contribution is -0.133. The van der Waals surface area contributed by atoms with E-state index < -0.39 is 6.10 Å². The molecule has 146 valence electrons. The van der Waals surface area contributed by atoms with Crippen molar-refractivity contribution in [1.82, 2.24) is 10.2 Å². The molecule has 0 aliphatic carbocycles. The summed E-state index contributed by atoms with van der Waals surface area (Å²) in [6, 6.07) is 9.48. The third-order valence-electron chi connectivity index (χ3n) is 4.65. The molecule has 1 aliphatic heterocycles. The van der Waals surface area contributed by atoms with E-state index in [0.29, 0.717) is 44.2 Å². The molecule has 7 heteroatoms. The molecule has 2 N–H and O–H groups in total. The highest BCUT2D eigenvalue weighted by Gasteiger charge is 2.30. The number of methoxy groups -OCH3 is 1. The second-order valence-corrected chi connectivity index (χ2v) is 7.59. The second kappa shape index (κ2) is 9.21. The molecule has 3 rings (SSSR count). The van der Waals surface area contributed by atoms with E-state index in [1.165, 1.54) is 0 Å². The number of hydrogen-bond acceptors (Lipinski definition) is 6. The molecule has 0 saturated carbocycles. The van der Waals surface area contributed by atoms with Crippen LogP contribution in [0.4, 0.5) is 0 Å². The standard InChI is InChI=1S/C20H26N2O4S/c1-3-22(20(24)17-10-15(23)11-21-17)12-14-6-7-18(19(9-14)25-2)26-13-16-5-4-8-27-16/h4-9,15,17,21,23H,3,10-13H2,1-2H3. The summed E-state index contributed by atoms with van der Waals surface area (Å²) in [5.41, 5.74) is 0.976. The number of likely N-dealkylation sites (N-methyl/N-ethyl adjacent to an activating group) is 1. The van der Waals surface area contributed by atoms with Crippen LogP contribution in [0.3, 0.4) is 0 Å². The highest BCUT2D eigenvalue weighted by Crippen LogP contribution is 2.30. The Kier molecular flexibility index (Phi) is 6.71. The zero-order valence-electron chi connectivity index (χ0n) is 15.7. The van der Waals surface area contributed by atoms with Crippen LogP contribution in [0.5, 0.6) is 11.5 Å². The van der Waals surface area contributed by atoms with E-state index in [1.54, 1.807) is 23.3 Å². The lowest BCUT2D eigenvalue weighted by atomic mass is 10.1. The second-order valence-electron chi connectivity index (χ2n) is 6.56. The van der Waals surface area contributed by atoms with Crippen LogP contribution >= 0.6 is 11.3 Å². The van der Waals surface area contributed by atoms with Gasteiger partial charge in [0.15, 0.2) is 11.5 Å². The van der Waals surface area contributed by atoms with Crippen LogP contribution in [0.15, 0.2) is 35.7 Å². The summed E-state index contributed by atoms with van der Waals surface area (Å²) in [5.74, 6) is 1.36. The van der Waals surface area contributed by atoms with Crippen molar-refractivity contribution in [1.29, 1.82) is 0 Å². The fourth-order valence-electron chi connectivity index (χ4n) is 3.16. The van der Waals surface area contributed by atoms with Gasteiger partial charge >= 0.3 is 0 Å². The normalized spacial score (nSPS) is 19.1. The van der Waals surface area contributed by atoms with Gasteiger partial charge in [-0.05, 0) is 42.5 Å². The summed E-state index contributed by atoms with van der Waals surface area (Å²) < 4.78 is 11.3. The van der Waals surface area contributed by atoms with Gasteiger partial charge < -0.3 is 24.8 Å². The third kappa shape index (κ3) is 5.00. The summed E-state index contributed by atoms with van der Waals surface area (Å²) in [6.45, 7) is 4.02. The number of hydrogen-bond donors (Lipinski definition) is 2. The number of benzene rings is 1. The molecule has 1 aliphatic rings. The Morgan fingerprint density at radius 3 is 2.85 bits per heavy atom. The molecule has 1 aromatic carbocycles. The Bertz CT molecular complexity index is 750. The maximum absolute atomic E-state index is 12.7. The zero-order valence-corrected chi connectivity index (χ0v) is 16.5. The molecule has 2 heterocycles. The lowest BCUT2D eigenvalue weighted by Crippen LogP contribution is -2.43. The molecule has 2 unspecified atom stereocenters. The topological polar surface area (TPSA) is 71.0 Å². The Morgan fingerprint density at radius 2 is 2.22 bits per heavy atom. The molecule has 6 nitrogen and oxygen atoms in total. The van der Waals surface area contributed by atoms with Gasteiger partial charge in [0.1, 0.15) is 6.61 Å². The summed E-state index contributed by atoms with van der Waals surface area (Å²) in [5, 5.41) is 14.8. The van der Waals surface area contributed by atoms with Crippen LogP contribution < -0.4 is 14.8 Å². The number of β-amino-alcohol motifs (C(OH)–C–C–N with tert-alkyl or cyclic N) is 1. The molecule has 0 radical (unpaired) electrons. The quantitative estimate of drug-likeness (QED) is 0.724. The van der Waals surface area contributed by atoms with Gasteiger partial charge in [0.25, 0.3) is 0 Å². The van der Waals surface area contributed by atoms with E-state index in [1.807, 2.05) is 42.6 Å². The molecule has 1 saturated heterocycles. The van der Waals surface area contributed by atoms with Crippen LogP contribution in [0.2, 0.25) is 0 Å². The smallest absolute Gasteiger partial charge is 0.240 e. The number of aliphatic hydroxyl groups excluding tert-OH is 1. The number of aliphatic hydroxyl groups is 1. The van der Waals surface area contributed by atoms with E-state index in [4.69, 9.17) is 9.47 Å². The van der Waals surface area contributed by atoms with Gasteiger partial charge in [-0.1, -0.05) is 12.1 Å². The Hall–Kier alpha value is -2.09. The first-order valence-corrected chi connectivity index (χ1v) is 10.0. The lowest BCUT2D eigenvalue weighted by Gasteiger charge is -2.24. The summed E-state index contributed by atoms with van der Waals surface area (Å²) in [7, 11) is 1.61. The van der Waals surface area contributed by atoms with E-state index in [0.717, 1.165) is 10.4 Å². The monoisotopic (exact) mass is 390 g/mol. The maximum Gasteiger partial charge on any atom is 0.240 e. The molecule has 2 atom stereocenters. The zero-order chi connectivity index (χ0) is 19.2. The fraction of sp³-hybridized carbons (Fsp3) is 0.450. The molecule has 2 aromatic rings. The van der Waals surface area contributed by atoms with Gasteiger partial charge in [0.05, 0.1) is 19.3 Å². The Morgan fingerprint density at radius 1 is 1.37 bits per heavy atom. The SMILES string of the molecule is CCN(Cc1ccc(OCc2cccs2)c(OC)c1)C(=O)C1CC(O)CN1. The highest BCUT2D eigenvalue weighted by molar-refractivity contribution is 7.09. The number of carbonyl (C=O) groups excluding carboxylic acids is 1. The predicted molar refractivity (Wildman–Crippen MR) is 105 cm³/mol. The van der Waals surface area contributed by atoms with Gasteiger partial charge in [0.2, 0.25) is 5.91 Å². The summed E-state index contributed by atoms with van der Waals surface area (Å²) in [4.78, 5) is 15.6. The van der Waals surface area contributed by atoms with Crippen molar-refractivity contribution in [2.75, 3.05) is 20.2 Å². The number of rotatable bonds is 8. The van der Waals surface area contributed by atoms with Crippen LogP contribution in [0, 0.1) is 0 Å². The number of nitrogens with zero attached hydrogens (tertiary/aromatic N) is 1. The third-order valence-corrected chi connectivity index (χ3v) is 5.50. The first kappa shape index (κ1) is 19.7. The van der Waals surface area contributed by atoms with E-state index in [9.17, 15) is 9.90 Å². The number of carbonyl (C=O) groups is 1. The molecule has 1 aromatic heterocycles. The number of nitrogens with one attached hydrogen (secondary N) is 1. The molecule has 1 fully saturated rings. The summed E-state index contributed by atoms with van der Waals surface area (Å²) in [6.07, 6.45) is 0.0197. The summed E-state index contributed by atoms with van der Waals surface area (Å²) >= 11 is 1.65. The Balaban J connectivity index is 1.65. The molecular formula is C20H26N2O4S. The minimum atomic E-state index is -0.447. The molecule has 0 bridgehead atoms. The first-order chi connectivity index (χ1) is 13.1. The van der Waals surface area contributed by atoms with E-state index in [-0.39, 0.29) is 11.9 Å². The molecule has 1 amide bonds. The average molecular weight is 391 g/mol. The van der Waals surface area contributed by atoms with Crippen LogP contribution in [0.1, 0.15) is 23.8 Å². The number of amides is 1. The highest BCUT2D eigenvalue weighted by atomic mass is 32.1. The number of thiophene rings is 1.